The molecule has 9 heteroatoms. The first-order chi connectivity index (χ1) is 14.6. The number of aromatic nitrogens is 1. The molecule has 4 rings (SSSR count). The second-order valence-electron chi connectivity index (χ2n) is 7.18. The van der Waals surface area contributed by atoms with Crippen LogP contribution in [0.1, 0.15) is 15.9 Å². The summed E-state index contributed by atoms with van der Waals surface area (Å²) in [6, 6.07) is 11.0. The largest absolute Gasteiger partial charge is 0.497 e. The van der Waals surface area contributed by atoms with E-state index in [9.17, 15) is 4.79 Å². The molecule has 1 aromatic heterocycles. The second kappa shape index (κ2) is 10.6. The quantitative estimate of drug-likeness (QED) is 0.511. The third kappa shape index (κ3) is 5.30. The predicted octanol–water partition coefficient (Wildman–Crippen LogP) is 4.67. The number of hydrogen-bond acceptors (Lipinski definition) is 6. The van der Waals surface area contributed by atoms with Crippen LogP contribution >= 0.6 is 35.3 Å². The number of halogens is 2. The molecule has 1 aliphatic rings. The Labute approximate surface area is 197 Å². The molecule has 0 N–H and O–H groups in total. The monoisotopic (exact) mass is 481 g/mol. The maximum Gasteiger partial charge on any atom is 0.260 e. The molecule has 2 heterocycles. The fraction of sp³-hybridized carbons (Fsp3) is 0.364. The third-order valence-electron chi connectivity index (χ3n) is 5.22. The summed E-state index contributed by atoms with van der Waals surface area (Å²) >= 11 is 7.86. The summed E-state index contributed by atoms with van der Waals surface area (Å²) in [5, 5.41) is 1.31. The van der Waals surface area contributed by atoms with Crippen molar-refractivity contribution in [2.24, 2.45) is 0 Å². The van der Waals surface area contributed by atoms with Crippen LogP contribution in [-0.2, 0) is 4.74 Å². The Morgan fingerprint density at radius 1 is 1.29 bits per heavy atom. The van der Waals surface area contributed by atoms with Crippen molar-refractivity contribution in [3.05, 3.63) is 52.5 Å². The van der Waals surface area contributed by atoms with Gasteiger partial charge in [0.1, 0.15) is 5.75 Å². The normalized spacial score (nSPS) is 14.3. The van der Waals surface area contributed by atoms with Crippen molar-refractivity contribution in [2.45, 2.75) is 6.92 Å². The highest BCUT2D eigenvalue weighted by Gasteiger charge is 2.24. The number of fused-ring (bicyclic) bond motifs is 1. The molecule has 0 aliphatic carbocycles. The molecule has 6 nitrogen and oxygen atoms in total. The minimum atomic E-state index is -0.102. The van der Waals surface area contributed by atoms with Crippen LogP contribution in [0.3, 0.4) is 0 Å². The second-order valence-corrected chi connectivity index (χ2v) is 8.57. The van der Waals surface area contributed by atoms with Crippen LogP contribution < -0.4 is 9.64 Å². The zero-order valence-corrected chi connectivity index (χ0v) is 19.9. The van der Waals surface area contributed by atoms with E-state index in [2.05, 4.69) is 4.90 Å². The number of carbonyl (C=O) groups is 1. The maximum atomic E-state index is 13.5. The Hall–Kier alpha value is -1.90. The maximum absolute atomic E-state index is 13.5. The van der Waals surface area contributed by atoms with Gasteiger partial charge in [-0.25, -0.2) is 4.98 Å². The average Bonchev–Trinajstić information content (AvgIpc) is 3.24. The van der Waals surface area contributed by atoms with E-state index in [1.165, 1.54) is 11.3 Å². The lowest BCUT2D eigenvalue weighted by Gasteiger charge is -2.29. The molecule has 1 fully saturated rings. The summed E-state index contributed by atoms with van der Waals surface area (Å²) in [5.74, 6) is 0.548. The van der Waals surface area contributed by atoms with Crippen LogP contribution in [0, 0.1) is 6.92 Å². The standard InChI is InChI=1S/C22H24ClN3O3S.ClH/c1-15-6-7-18(23)20-19(15)24-22(30-20)26(9-8-25-10-12-29-13-11-25)21(27)16-4-3-5-17(14-16)28-2;/h3-7,14H,8-13H2,1-2H3;1H. The van der Waals surface area contributed by atoms with Gasteiger partial charge in [0, 0.05) is 31.7 Å². The highest BCUT2D eigenvalue weighted by molar-refractivity contribution is 7.23. The Balaban J connectivity index is 0.00000272. The molecule has 0 atom stereocenters. The van der Waals surface area contributed by atoms with Crippen molar-refractivity contribution in [3.63, 3.8) is 0 Å². The molecule has 1 amide bonds. The number of rotatable bonds is 6. The van der Waals surface area contributed by atoms with Gasteiger partial charge in [0.2, 0.25) is 0 Å². The van der Waals surface area contributed by atoms with Crippen LogP contribution in [0.15, 0.2) is 36.4 Å². The van der Waals surface area contributed by atoms with Crippen LogP contribution in [0.25, 0.3) is 10.2 Å². The number of amides is 1. The Morgan fingerprint density at radius 3 is 2.77 bits per heavy atom. The first-order valence-corrected chi connectivity index (χ1v) is 11.1. The number of nitrogens with zero attached hydrogens (tertiary/aromatic N) is 3. The van der Waals surface area contributed by atoms with Gasteiger partial charge < -0.3 is 9.47 Å². The summed E-state index contributed by atoms with van der Waals surface area (Å²) in [6.07, 6.45) is 0. The summed E-state index contributed by atoms with van der Waals surface area (Å²) in [5.41, 5.74) is 2.45. The number of benzene rings is 2. The molecular weight excluding hydrogens is 457 g/mol. The number of aryl methyl sites for hydroxylation is 1. The number of morpholine rings is 1. The molecule has 0 bridgehead atoms. The third-order valence-corrected chi connectivity index (χ3v) is 6.76. The van der Waals surface area contributed by atoms with E-state index in [1.54, 1.807) is 24.1 Å². The van der Waals surface area contributed by atoms with Gasteiger partial charge in [-0.05, 0) is 36.8 Å². The number of carbonyl (C=O) groups excluding carboxylic acids is 1. The summed E-state index contributed by atoms with van der Waals surface area (Å²) < 4.78 is 11.6. The molecule has 0 radical (unpaired) electrons. The molecule has 31 heavy (non-hydrogen) atoms. The molecule has 0 saturated carbocycles. The topological polar surface area (TPSA) is 54.9 Å². The molecule has 0 spiro atoms. The first kappa shape index (κ1) is 23.8. The van der Waals surface area contributed by atoms with E-state index in [1.807, 2.05) is 31.2 Å². The first-order valence-electron chi connectivity index (χ1n) is 9.88. The van der Waals surface area contributed by atoms with Gasteiger partial charge in [-0.15, -0.1) is 12.4 Å². The molecular formula is C22H25Cl2N3O3S. The molecule has 1 aliphatic heterocycles. The van der Waals surface area contributed by atoms with Gasteiger partial charge in [-0.2, -0.15) is 0 Å². The Morgan fingerprint density at radius 2 is 2.06 bits per heavy atom. The molecule has 2 aromatic carbocycles. The van der Waals surface area contributed by atoms with Crippen molar-refractivity contribution >= 4 is 56.6 Å². The van der Waals surface area contributed by atoms with Crippen molar-refractivity contribution in [1.29, 1.82) is 0 Å². The van der Waals surface area contributed by atoms with E-state index in [-0.39, 0.29) is 18.3 Å². The summed E-state index contributed by atoms with van der Waals surface area (Å²) in [4.78, 5) is 22.3. The van der Waals surface area contributed by atoms with Gasteiger partial charge in [-0.3, -0.25) is 14.6 Å². The molecule has 166 valence electrons. The molecule has 0 unspecified atom stereocenters. The lowest BCUT2D eigenvalue weighted by Crippen LogP contribution is -2.43. The number of hydrogen-bond donors (Lipinski definition) is 0. The summed E-state index contributed by atoms with van der Waals surface area (Å²) in [6.45, 7) is 6.47. The van der Waals surface area contributed by atoms with Gasteiger partial charge in [-0.1, -0.05) is 35.1 Å². The molecule has 3 aromatic rings. The fourth-order valence-corrected chi connectivity index (χ4v) is 4.81. The van der Waals surface area contributed by atoms with Gasteiger partial charge >= 0.3 is 0 Å². The van der Waals surface area contributed by atoms with E-state index in [4.69, 9.17) is 26.1 Å². The van der Waals surface area contributed by atoms with Crippen LogP contribution in [0.5, 0.6) is 5.75 Å². The fourth-order valence-electron chi connectivity index (χ4n) is 3.47. The zero-order valence-electron chi connectivity index (χ0n) is 17.5. The highest BCUT2D eigenvalue weighted by Crippen LogP contribution is 2.36. The zero-order chi connectivity index (χ0) is 21.1. The van der Waals surface area contributed by atoms with Crippen LogP contribution in [0.4, 0.5) is 5.13 Å². The van der Waals surface area contributed by atoms with Crippen molar-refractivity contribution in [3.8, 4) is 5.75 Å². The van der Waals surface area contributed by atoms with Crippen molar-refractivity contribution in [1.82, 2.24) is 9.88 Å². The summed E-state index contributed by atoms with van der Waals surface area (Å²) in [7, 11) is 1.60. The van der Waals surface area contributed by atoms with Gasteiger partial charge in [0.05, 0.1) is 35.6 Å². The van der Waals surface area contributed by atoms with E-state index >= 15 is 0 Å². The highest BCUT2D eigenvalue weighted by atomic mass is 35.5. The van der Waals surface area contributed by atoms with E-state index in [0.717, 1.165) is 48.6 Å². The van der Waals surface area contributed by atoms with E-state index in [0.29, 0.717) is 28.0 Å². The number of ether oxygens (including phenoxy) is 2. The predicted molar refractivity (Wildman–Crippen MR) is 129 cm³/mol. The Bertz CT molecular complexity index is 1010. The minimum Gasteiger partial charge on any atom is -0.497 e. The van der Waals surface area contributed by atoms with Crippen LogP contribution in [0.2, 0.25) is 5.02 Å². The number of anilines is 1. The minimum absolute atomic E-state index is 0. The van der Waals surface area contributed by atoms with Crippen molar-refractivity contribution in [2.75, 3.05) is 51.4 Å². The van der Waals surface area contributed by atoms with Gasteiger partial charge in [0.25, 0.3) is 5.91 Å². The molecule has 1 saturated heterocycles. The Kier molecular flexibility index (Phi) is 8.13. The average molecular weight is 482 g/mol. The van der Waals surface area contributed by atoms with Crippen LogP contribution in [-0.4, -0.2) is 62.3 Å². The smallest absolute Gasteiger partial charge is 0.260 e. The number of methoxy groups -OCH3 is 1. The van der Waals surface area contributed by atoms with Crippen molar-refractivity contribution < 1.29 is 14.3 Å². The number of thiazole rings is 1. The lowest BCUT2D eigenvalue weighted by molar-refractivity contribution is 0.0391. The SMILES string of the molecule is COc1cccc(C(=O)N(CCN2CCOCC2)c2nc3c(C)ccc(Cl)c3s2)c1.Cl. The lowest BCUT2D eigenvalue weighted by atomic mass is 10.2. The van der Waals surface area contributed by atoms with E-state index < -0.39 is 0 Å². The van der Waals surface area contributed by atoms with Gasteiger partial charge in [0.15, 0.2) is 5.13 Å².